The van der Waals surface area contributed by atoms with Crippen LogP contribution in [0.25, 0.3) is 11.3 Å². The first-order chi connectivity index (χ1) is 13.4. The van der Waals surface area contributed by atoms with Crippen molar-refractivity contribution in [3.05, 3.63) is 41.7 Å². The molecule has 28 heavy (non-hydrogen) atoms. The first-order valence-electron chi connectivity index (χ1n) is 9.16. The van der Waals surface area contributed by atoms with Crippen molar-refractivity contribution in [1.82, 2.24) is 15.0 Å². The van der Waals surface area contributed by atoms with Crippen LogP contribution in [0.4, 0.5) is 0 Å². The number of carboxylic acid groups (broad SMARTS) is 1. The van der Waals surface area contributed by atoms with Gasteiger partial charge >= 0.3 is 5.97 Å². The Hall–Kier alpha value is -3.16. The van der Waals surface area contributed by atoms with Crippen LogP contribution in [0.2, 0.25) is 0 Å². The van der Waals surface area contributed by atoms with Gasteiger partial charge in [0.2, 0.25) is 5.91 Å². The molecule has 2 amide bonds. The summed E-state index contributed by atoms with van der Waals surface area (Å²) in [6.45, 7) is 2.35. The average Bonchev–Trinajstić information content (AvgIpc) is 3.09. The molecule has 8 nitrogen and oxygen atoms in total. The number of aromatic nitrogens is 1. The van der Waals surface area contributed by atoms with Gasteiger partial charge in [-0.15, -0.1) is 0 Å². The minimum Gasteiger partial charge on any atom is -0.481 e. The minimum absolute atomic E-state index is 0.0879. The van der Waals surface area contributed by atoms with Gasteiger partial charge in [0.15, 0.2) is 0 Å². The Morgan fingerprint density at radius 2 is 1.86 bits per heavy atom. The molecule has 0 bridgehead atoms. The van der Waals surface area contributed by atoms with Crippen molar-refractivity contribution >= 4 is 17.8 Å². The SMILES string of the molecule is Cc1onc(-c2ccccc2)c1C(=O)N(C)CC(=O)N1CCC(C(=O)O)CC1. The molecule has 0 unspecified atom stereocenters. The summed E-state index contributed by atoms with van der Waals surface area (Å²) in [4.78, 5) is 39.5. The van der Waals surface area contributed by atoms with E-state index in [2.05, 4.69) is 5.16 Å². The van der Waals surface area contributed by atoms with Gasteiger partial charge in [0, 0.05) is 25.7 Å². The second-order valence-corrected chi connectivity index (χ2v) is 6.98. The molecule has 3 rings (SSSR count). The highest BCUT2D eigenvalue weighted by atomic mass is 16.5. The molecular formula is C20H23N3O5. The molecule has 1 aliphatic heterocycles. The Kier molecular flexibility index (Phi) is 5.77. The summed E-state index contributed by atoms with van der Waals surface area (Å²) in [5, 5.41) is 13.1. The Bertz CT molecular complexity index is 869. The molecule has 2 aromatic rings. The maximum Gasteiger partial charge on any atom is 0.306 e. The highest BCUT2D eigenvalue weighted by Gasteiger charge is 2.29. The molecule has 0 radical (unpaired) electrons. The molecule has 1 fully saturated rings. The molecule has 148 valence electrons. The zero-order chi connectivity index (χ0) is 20.3. The third kappa shape index (κ3) is 4.05. The standard InChI is InChI=1S/C20H23N3O5/c1-13-17(18(21-28-13)14-6-4-3-5-7-14)19(25)22(2)12-16(24)23-10-8-15(9-11-23)20(26)27/h3-7,15H,8-12H2,1-2H3,(H,26,27). The minimum atomic E-state index is -0.823. The lowest BCUT2D eigenvalue weighted by atomic mass is 9.97. The van der Waals surface area contributed by atoms with Gasteiger partial charge in [-0.25, -0.2) is 0 Å². The second-order valence-electron chi connectivity index (χ2n) is 6.98. The fraction of sp³-hybridized carbons (Fsp3) is 0.400. The fourth-order valence-corrected chi connectivity index (χ4v) is 3.36. The summed E-state index contributed by atoms with van der Waals surface area (Å²) in [6.07, 6.45) is 0.864. The van der Waals surface area contributed by atoms with E-state index in [0.29, 0.717) is 42.9 Å². The van der Waals surface area contributed by atoms with Crippen LogP contribution in [0.15, 0.2) is 34.9 Å². The summed E-state index contributed by atoms with van der Waals surface area (Å²) in [5.41, 5.74) is 1.55. The lowest BCUT2D eigenvalue weighted by Crippen LogP contribution is -2.45. The molecule has 1 N–H and O–H groups in total. The first kappa shape index (κ1) is 19.6. The third-order valence-corrected chi connectivity index (χ3v) is 5.04. The van der Waals surface area contributed by atoms with E-state index in [9.17, 15) is 14.4 Å². The van der Waals surface area contributed by atoms with Crippen LogP contribution in [-0.2, 0) is 9.59 Å². The van der Waals surface area contributed by atoms with Crippen LogP contribution in [0, 0.1) is 12.8 Å². The van der Waals surface area contributed by atoms with E-state index in [1.54, 1.807) is 18.9 Å². The van der Waals surface area contributed by atoms with Gasteiger partial charge in [-0.1, -0.05) is 35.5 Å². The van der Waals surface area contributed by atoms with Crippen LogP contribution in [0.1, 0.15) is 29.0 Å². The number of carbonyl (C=O) groups is 3. The van der Waals surface area contributed by atoms with Crippen LogP contribution >= 0.6 is 0 Å². The van der Waals surface area contributed by atoms with Gasteiger partial charge in [0.25, 0.3) is 5.91 Å². The molecule has 2 heterocycles. The van der Waals surface area contributed by atoms with Gasteiger partial charge in [-0.2, -0.15) is 0 Å². The van der Waals surface area contributed by atoms with Gasteiger partial charge in [0.05, 0.1) is 12.5 Å². The summed E-state index contributed by atoms with van der Waals surface area (Å²) >= 11 is 0. The zero-order valence-corrected chi connectivity index (χ0v) is 15.9. The van der Waals surface area contributed by atoms with Crippen molar-refractivity contribution < 1.29 is 24.0 Å². The number of hydrogen-bond acceptors (Lipinski definition) is 5. The van der Waals surface area contributed by atoms with Gasteiger partial charge < -0.3 is 19.4 Å². The van der Waals surface area contributed by atoms with Gasteiger partial charge in [0.1, 0.15) is 17.0 Å². The molecule has 0 atom stereocenters. The number of rotatable bonds is 5. The smallest absolute Gasteiger partial charge is 0.306 e. The third-order valence-electron chi connectivity index (χ3n) is 5.04. The van der Waals surface area contributed by atoms with E-state index in [1.165, 1.54) is 4.90 Å². The van der Waals surface area contributed by atoms with Gasteiger partial charge in [-0.3, -0.25) is 14.4 Å². The summed E-state index contributed by atoms with van der Waals surface area (Å²) < 4.78 is 5.23. The molecule has 0 aliphatic carbocycles. The molecule has 1 aromatic heterocycles. The first-order valence-corrected chi connectivity index (χ1v) is 9.16. The van der Waals surface area contributed by atoms with E-state index in [0.717, 1.165) is 5.56 Å². The maximum atomic E-state index is 13.0. The number of amides is 2. The number of benzene rings is 1. The quantitative estimate of drug-likeness (QED) is 0.845. The Morgan fingerprint density at radius 1 is 1.21 bits per heavy atom. The summed E-state index contributed by atoms with van der Waals surface area (Å²) in [7, 11) is 1.56. The number of aliphatic carboxylic acids is 1. The Labute approximate surface area is 162 Å². The lowest BCUT2D eigenvalue weighted by molar-refractivity contribution is -0.145. The zero-order valence-electron chi connectivity index (χ0n) is 15.9. The Morgan fingerprint density at radius 3 is 2.46 bits per heavy atom. The van der Waals surface area contributed by atoms with E-state index in [-0.39, 0.29) is 18.4 Å². The van der Waals surface area contributed by atoms with Crippen molar-refractivity contribution in [3.63, 3.8) is 0 Å². The number of likely N-dealkylation sites (tertiary alicyclic amines) is 1. The molecule has 1 saturated heterocycles. The molecule has 1 aliphatic rings. The number of likely N-dealkylation sites (N-methyl/N-ethyl adjacent to an activating group) is 1. The normalized spacial score (nSPS) is 14.7. The highest BCUT2D eigenvalue weighted by Crippen LogP contribution is 2.26. The summed E-state index contributed by atoms with van der Waals surface area (Å²) in [6, 6.07) is 9.25. The fourth-order valence-electron chi connectivity index (χ4n) is 3.36. The van der Waals surface area contributed by atoms with E-state index >= 15 is 0 Å². The summed E-state index contributed by atoms with van der Waals surface area (Å²) in [5.74, 6) is -1.38. The average molecular weight is 385 g/mol. The predicted octanol–water partition coefficient (Wildman–Crippen LogP) is 2.05. The molecule has 8 heteroatoms. The molecule has 1 aromatic carbocycles. The van der Waals surface area contributed by atoms with Crippen molar-refractivity contribution in [3.8, 4) is 11.3 Å². The van der Waals surface area contributed by atoms with Crippen LogP contribution in [-0.4, -0.2) is 64.5 Å². The van der Waals surface area contributed by atoms with Crippen molar-refractivity contribution in [2.45, 2.75) is 19.8 Å². The van der Waals surface area contributed by atoms with E-state index in [4.69, 9.17) is 9.63 Å². The number of hydrogen-bond donors (Lipinski definition) is 1. The highest BCUT2D eigenvalue weighted by molar-refractivity contribution is 6.02. The predicted molar refractivity (Wildman–Crippen MR) is 101 cm³/mol. The van der Waals surface area contributed by atoms with Crippen molar-refractivity contribution in [2.24, 2.45) is 5.92 Å². The number of piperidine rings is 1. The number of carbonyl (C=O) groups excluding carboxylic acids is 2. The molecule has 0 saturated carbocycles. The lowest BCUT2D eigenvalue weighted by Gasteiger charge is -2.31. The van der Waals surface area contributed by atoms with Crippen molar-refractivity contribution in [2.75, 3.05) is 26.7 Å². The van der Waals surface area contributed by atoms with Crippen molar-refractivity contribution in [1.29, 1.82) is 0 Å². The van der Waals surface area contributed by atoms with E-state index < -0.39 is 11.9 Å². The number of carboxylic acids is 1. The van der Waals surface area contributed by atoms with E-state index in [1.807, 2.05) is 30.3 Å². The number of aryl methyl sites for hydroxylation is 1. The van der Waals surface area contributed by atoms with Crippen LogP contribution in [0.3, 0.4) is 0 Å². The van der Waals surface area contributed by atoms with Crippen LogP contribution < -0.4 is 0 Å². The van der Waals surface area contributed by atoms with Crippen LogP contribution in [0.5, 0.6) is 0 Å². The van der Waals surface area contributed by atoms with Gasteiger partial charge in [-0.05, 0) is 19.8 Å². The Balaban J connectivity index is 1.68. The molecular weight excluding hydrogens is 362 g/mol. The largest absolute Gasteiger partial charge is 0.481 e. The topological polar surface area (TPSA) is 104 Å². The molecule has 0 spiro atoms. The number of nitrogens with zero attached hydrogens (tertiary/aromatic N) is 3. The maximum absolute atomic E-state index is 13.0. The second kappa shape index (κ2) is 8.24. The monoisotopic (exact) mass is 385 g/mol.